The summed E-state index contributed by atoms with van der Waals surface area (Å²) < 4.78 is 3.20. The minimum absolute atomic E-state index is 0.540. The van der Waals surface area contributed by atoms with E-state index in [1.54, 1.807) is 0 Å². The predicted octanol–water partition coefficient (Wildman–Crippen LogP) is 3.84. The molecule has 0 spiro atoms. The number of nitrogens with one attached hydrogen (secondary N) is 1. The fourth-order valence-corrected chi connectivity index (χ4v) is 3.94. The van der Waals surface area contributed by atoms with Crippen LogP contribution in [0.1, 0.15) is 50.9 Å². The maximum Gasteiger partial charge on any atom is 0.0738 e. The highest BCUT2D eigenvalue weighted by Gasteiger charge is 2.31. The molecular weight excluding hydrogens is 314 g/mol. The van der Waals surface area contributed by atoms with Crippen LogP contribution in [0.25, 0.3) is 0 Å². The van der Waals surface area contributed by atoms with Crippen molar-refractivity contribution in [3.8, 4) is 0 Å². The lowest BCUT2D eigenvalue weighted by atomic mass is 9.70. The van der Waals surface area contributed by atoms with Gasteiger partial charge in [0.2, 0.25) is 0 Å². The molecule has 114 valence electrons. The van der Waals surface area contributed by atoms with Gasteiger partial charge in [-0.2, -0.15) is 5.10 Å². The van der Waals surface area contributed by atoms with E-state index < -0.39 is 0 Å². The van der Waals surface area contributed by atoms with Gasteiger partial charge in [0.25, 0.3) is 0 Å². The summed E-state index contributed by atoms with van der Waals surface area (Å²) >= 11 is 3.69. The highest BCUT2D eigenvalue weighted by molar-refractivity contribution is 9.10. The Balaban J connectivity index is 2.06. The van der Waals surface area contributed by atoms with Gasteiger partial charge in [-0.25, -0.2) is 0 Å². The molecule has 0 radical (unpaired) electrons. The Morgan fingerprint density at radius 1 is 1.40 bits per heavy atom. The molecule has 0 saturated heterocycles. The van der Waals surface area contributed by atoms with E-state index in [-0.39, 0.29) is 0 Å². The van der Waals surface area contributed by atoms with Crippen LogP contribution in [0.5, 0.6) is 0 Å². The van der Waals surface area contributed by atoms with Crippen LogP contribution in [0.15, 0.2) is 4.47 Å². The van der Waals surface area contributed by atoms with Crippen molar-refractivity contribution in [3.63, 3.8) is 0 Å². The van der Waals surface area contributed by atoms with E-state index in [1.165, 1.54) is 35.8 Å². The summed E-state index contributed by atoms with van der Waals surface area (Å²) in [6, 6.07) is 0.553. The molecule has 1 aromatic heterocycles. The number of hydrogen-bond acceptors (Lipinski definition) is 2. The summed E-state index contributed by atoms with van der Waals surface area (Å²) in [5, 5.41) is 8.06. The first kappa shape index (κ1) is 16.0. The lowest BCUT2D eigenvalue weighted by molar-refractivity contribution is 0.163. The molecule has 1 aromatic rings. The zero-order valence-corrected chi connectivity index (χ0v) is 15.0. The van der Waals surface area contributed by atoms with Crippen LogP contribution in [0, 0.1) is 18.3 Å². The summed E-state index contributed by atoms with van der Waals surface area (Å²) in [4.78, 5) is 0. The molecule has 0 aliphatic heterocycles. The molecule has 1 aliphatic rings. The van der Waals surface area contributed by atoms with Crippen molar-refractivity contribution in [1.82, 2.24) is 15.1 Å². The predicted molar refractivity (Wildman–Crippen MR) is 87.9 cm³/mol. The molecule has 3 nitrogen and oxygen atoms in total. The normalized spacial score (nSPS) is 21.1. The fraction of sp³-hybridized carbons (Fsp3) is 0.812. The molecule has 1 saturated carbocycles. The highest BCUT2D eigenvalue weighted by Crippen LogP contribution is 2.40. The van der Waals surface area contributed by atoms with Crippen molar-refractivity contribution in [2.75, 3.05) is 7.05 Å². The van der Waals surface area contributed by atoms with Crippen LogP contribution < -0.4 is 5.32 Å². The van der Waals surface area contributed by atoms with E-state index in [9.17, 15) is 0 Å². The monoisotopic (exact) mass is 341 g/mol. The average Bonchev–Trinajstić information content (AvgIpc) is 2.62. The molecule has 1 aliphatic carbocycles. The van der Waals surface area contributed by atoms with Gasteiger partial charge >= 0.3 is 0 Å². The Morgan fingerprint density at radius 3 is 2.45 bits per heavy atom. The third-order valence-electron chi connectivity index (χ3n) is 5.00. The smallest absolute Gasteiger partial charge is 0.0738 e. The van der Waals surface area contributed by atoms with E-state index in [2.05, 4.69) is 54.2 Å². The molecule has 2 rings (SSSR count). The van der Waals surface area contributed by atoms with Gasteiger partial charge in [0.05, 0.1) is 15.9 Å². The van der Waals surface area contributed by atoms with E-state index in [1.807, 2.05) is 11.7 Å². The number of hydrogen-bond donors (Lipinski definition) is 1. The summed E-state index contributed by atoms with van der Waals surface area (Å²) in [5.74, 6) is 0.787. The second-order valence-electron chi connectivity index (χ2n) is 7.07. The van der Waals surface area contributed by atoms with Crippen molar-refractivity contribution in [2.24, 2.45) is 18.4 Å². The van der Waals surface area contributed by atoms with Gasteiger partial charge in [-0.1, -0.05) is 13.8 Å². The average molecular weight is 342 g/mol. The van der Waals surface area contributed by atoms with Crippen molar-refractivity contribution in [3.05, 3.63) is 15.9 Å². The Morgan fingerprint density at radius 2 is 2.00 bits per heavy atom. The Bertz CT molecular complexity index is 455. The largest absolute Gasteiger partial charge is 0.316 e. The number of aryl methyl sites for hydroxylation is 2. The summed E-state index contributed by atoms with van der Waals surface area (Å²) in [5.41, 5.74) is 2.94. The maximum absolute atomic E-state index is 4.51. The molecular formula is C16H28BrN3. The highest BCUT2D eigenvalue weighted by atomic mass is 79.9. The number of nitrogens with zero attached hydrogens (tertiary/aromatic N) is 2. The zero-order chi connectivity index (χ0) is 14.9. The SMILES string of the molecule is CNC(Cc1c(Br)c(C)nn1C)C1CCC(C)(C)CC1. The third-order valence-corrected chi connectivity index (χ3v) is 6.03. The van der Waals surface area contributed by atoms with E-state index in [4.69, 9.17) is 0 Å². The Kier molecular flexibility index (Phi) is 4.96. The van der Waals surface area contributed by atoms with Crippen molar-refractivity contribution < 1.29 is 0 Å². The lowest BCUT2D eigenvalue weighted by Crippen LogP contribution is -2.39. The van der Waals surface area contributed by atoms with Crippen LogP contribution in [0.2, 0.25) is 0 Å². The fourth-order valence-electron chi connectivity index (χ4n) is 3.44. The van der Waals surface area contributed by atoms with E-state index >= 15 is 0 Å². The molecule has 1 N–H and O–H groups in total. The van der Waals surface area contributed by atoms with Gasteiger partial charge in [0, 0.05) is 19.5 Å². The van der Waals surface area contributed by atoms with Gasteiger partial charge in [0.1, 0.15) is 0 Å². The zero-order valence-electron chi connectivity index (χ0n) is 13.5. The van der Waals surface area contributed by atoms with Gasteiger partial charge in [-0.05, 0) is 66.9 Å². The first-order valence-electron chi connectivity index (χ1n) is 7.69. The number of rotatable bonds is 4. The Hall–Kier alpha value is -0.350. The maximum atomic E-state index is 4.51. The van der Waals surface area contributed by atoms with Gasteiger partial charge in [0.15, 0.2) is 0 Å². The van der Waals surface area contributed by atoms with Crippen LogP contribution in [0.3, 0.4) is 0 Å². The molecule has 20 heavy (non-hydrogen) atoms. The quantitative estimate of drug-likeness (QED) is 0.901. The molecule has 0 aromatic carbocycles. The second-order valence-corrected chi connectivity index (χ2v) is 7.86. The van der Waals surface area contributed by atoms with Crippen LogP contribution in [-0.4, -0.2) is 22.9 Å². The molecule has 1 unspecified atom stereocenters. The van der Waals surface area contributed by atoms with Crippen molar-refractivity contribution in [1.29, 1.82) is 0 Å². The summed E-state index contributed by atoms with van der Waals surface area (Å²) in [7, 11) is 4.14. The van der Waals surface area contributed by atoms with Crippen LogP contribution in [-0.2, 0) is 13.5 Å². The third kappa shape index (κ3) is 3.45. The van der Waals surface area contributed by atoms with E-state index in [0.29, 0.717) is 11.5 Å². The minimum atomic E-state index is 0.540. The molecule has 0 amide bonds. The van der Waals surface area contributed by atoms with Crippen molar-refractivity contribution >= 4 is 15.9 Å². The molecule has 1 fully saturated rings. The summed E-state index contributed by atoms with van der Waals surface area (Å²) in [6.07, 6.45) is 6.43. The molecule has 4 heteroatoms. The van der Waals surface area contributed by atoms with Crippen LogP contribution in [0.4, 0.5) is 0 Å². The molecule has 0 bridgehead atoms. The number of halogens is 1. The number of aromatic nitrogens is 2. The first-order chi connectivity index (χ1) is 9.34. The summed E-state index contributed by atoms with van der Waals surface area (Å²) in [6.45, 7) is 6.86. The topological polar surface area (TPSA) is 29.9 Å². The Labute approximate surface area is 131 Å². The first-order valence-corrected chi connectivity index (χ1v) is 8.48. The number of likely N-dealkylation sites (N-methyl/N-ethyl adjacent to an activating group) is 1. The van der Waals surface area contributed by atoms with Gasteiger partial charge in [-0.3, -0.25) is 4.68 Å². The van der Waals surface area contributed by atoms with E-state index in [0.717, 1.165) is 18.0 Å². The van der Waals surface area contributed by atoms with Gasteiger partial charge < -0.3 is 5.32 Å². The molecule has 1 heterocycles. The molecule has 1 atom stereocenters. The van der Waals surface area contributed by atoms with Crippen molar-refractivity contribution in [2.45, 2.75) is 58.9 Å². The lowest BCUT2D eigenvalue weighted by Gasteiger charge is -2.38. The second kappa shape index (κ2) is 6.18. The standard InChI is InChI=1S/C16H28BrN3/c1-11-15(17)14(20(5)19-11)10-13(18-4)12-6-8-16(2,3)9-7-12/h12-13,18H,6-10H2,1-5H3. The minimum Gasteiger partial charge on any atom is -0.316 e. The van der Waals surface area contributed by atoms with Gasteiger partial charge in [-0.15, -0.1) is 0 Å². The van der Waals surface area contributed by atoms with Crippen LogP contribution >= 0.6 is 15.9 Å².